The van der Waals surface area contributed by atoms with Gasteiger partial charge in [-0.3, -0.25) is 9.78 Å². The van der Waals surface area contributed by atoms with Crippen LogP contribution in [0.1, 0.15) is 29.9 Å². The quantitative estimate of drug-likeness (QED) is 0.812. The molecule has 0 aliphatic carbocycles. The Morgan fingerprint density at radius 2 is 1.96 bits per heavy atom. The van der Waals surface area contributed by atoms with E-state index in [4.69, 9.17) is 11.6 Å². The molecule has 0 bridgehead atoms. The average molecular weight is 332 g/mol. The molecule has 0 unspecified atom stereocenters. The van der Waals surface area contributed by atoms with Crippen molar-refractivity contribution in [3.8, 4) is 0 Å². The van der Waals surface area contributed by atoms with E-state index in [1.807, 2.05) is 30.3 Å². The lowest BCUT2D eigenvalue weighted by atomic mass is 10.1. The monoisotopic (exact) mass is 331 g/mol. The Bertz CT molecular complexity index is 641. The maximum atomic E-state index is 12.2. The van der Waals surface area contributed by atoms with Gasteiger partial charge in [0.05, 0.1) is 0 Å². The van der Waals surface area contributed by atoms with E-state index in [2.05, 4.69) is 29.5 Å². The van der Waals surface area contributed by atoms with E-state index >= 15 is 0 Å². The normalized spacial score (nSPS) is 10.6. The molecule has 0 saturated heterocycles. The van der Waals surface area contributed by atoms with Gasteiger partial charge >= 0.3 is 0 Å². The summed E-state index contributed by atoms with van der Waals surface area (Å²) in [6, 6.07) is 11.3. The largest absolute Gasteiger partial charge is 0.385 e. The van der Waals surface area contributed by atoms with Gasteiger partial charge in [-0.15, -0.1) is 0 Å². The summed E-state index contributed by atoms with van der Waals surface area (Å²) < 4.78 is 0. The minimum atomic E-state index is -0.160. The SMILES string of the molecule is CC(C)CNc1ccnc(C(=O)NCCc2ccc(Cl)cc2)c1. The van der Waals surface area contributed by atoms with Crippen LogP contribution in [-0.4, -0.2) is 24.0 Å². The fraction of sp³-hybridized carbons (Fsp3) is 0.333. The van der Waals surface area contributed by atoms with Gasteiger partial charge in [0, 0.05) is 30.0 Å². The summed E-state index contributed by atoms with van der Waals surface area (Å²) in [7, 11) is 0. The highest BCUT2D eigenvalue weighted by atomic mass is 35.5. The molecule has 0 spiro atoms. The third-order valence-electron chi connectivity index (χ3n) is 3.32. The lowest BCUT2D eigenvalue weighted by molar-refractivity contribution is 0.0949. The minimum Gasteiger partial charge on any atom is -0.385 e. The number of rotatable bonds is 7. The zero-order chi connectivity index (χ0) is 16.7. The first kappa shape index (κ1) is 17.3. The Hall–Kier alpha value is -2.07. The van der Waals surface area contributed by atoms with Crippen LogP contribution in [0.15, 0.2) is 42.6 Å². The molecule has 23 heavy (non-hydrogen) atoms. The minimum absolute atomic E-state index is 0.160. The van der Waals surface area contributed by atoms with Gasteiger partial charge in [0.15, 0.2) is 0 Å². The predicted molar refractivity (Wildman–Crippen MR) is 95.1 cm³/mol. The number of amides is 1. The van der Waals surface area contributed by atoms with Gasteiger partial charge < -0.3 is 10.6 Å². The molecular weight excluding hydrogens is 310 g/mol. The summed E-state index contributed by atoms with van der Waals surface area (Å²) in [5.74, 6) is 0.381. The summed E-state index contributed by atoms with van der Waals surface area (Å²) >= 11 is 5.85. The molecule has 0 aliphatic heterocycles. The molecule has 5 heteroatoms. The number of halogens is 1. The number of benzene rings is 1. The number of carbonyl (C=O) groups excluding carboxylic acids is 1. The van der Waals surface area contributed by atoms with Gasteiger partial charge in [0.1, 0.15) is 5.69 Å². The van der Waals surface area contributed by atoms with Gasteiger partial charge in [-0.2, -0.15) is 0 Å². The molecule has 2 aromatic rings. The van der Waals surface area contributed by atoms with Crippen molar-refractivity contribution in [1.82, 2.24) is 10.3 Å². The van der Waals surface area contributed by atoms with Gasteiger partial charge in [0.25, 0.3) is 5.91 Å². The first-order valence-corrected chi connectivity index (χ1v) is 8.15. The molecular formula is C18H22ClN3O. The number of nitrogens with zero attached hydrogens (tertiary/aromatic N) is 1. The van der Waals surface area contributed by atoms with Gasteiger partial charge in [-0.05, 0) is 42.2 Å². The molecule has 1 aromatic heterocycles. The molecule has 0 radical (unpaired) electrons. The van der Waals surface area contributed by atoms with Crippen molar-refractivity contribution in [2.24, 2.45) is 5.92 Å². The van der Waals surface area contributed by atoms with Crippen LogP contribution in [0.2, 0.25) is 5.02 Å². The maximum Gasteiger partial charge on any atom is 0.269 e. The fourth-order valence-corrected chi connectivity index (χ4v) is 2.17. The van der Waals surface area contributed by atoms with Crippen molar-refractivity contribution < 1.29 is 4.79 Å². The smallest absolute Gasteiger partial charge is 0.269 e. The number of carbonyl (C=O) groups is 1. The van der Waals surface area contributed by atoms with Crippen LogP contribution in [0.25, 0.3) is 0 Å². The van der Waals surface area contributed by atoms with Gasteiger partial charge in [0.2, 0.25) is 0 Å². The Balaban J connectivity index is 1.85. The van der Waals surface area contributed by atoms with Crippen molar-refractivity contribution in [3.63, 3.8) is 0 Å². The second-order valence-corrected chi connectivity index (χ2v) is 6.27. The summed E-state index contributed by atoms with van der Waals surface area (Å²) in [5, 5.41) is 6.90. The van der Waals surface area contributed by atoms with Gasteiger partial charge in [-0.25, -0.2) is 0 Å². The van der Waals surface area contributed by atoms with Crippen molar-refractivity contribution in [2.45, 2.75) is 20.3 Å². The van der Waals surface area contributed by atoms with E-state index in [1.54, 1.807) is 12.3 Å². The lowest BCUT2D eigenvalue weighted by Crippen LogP contribution is -2.26. The van der Waals surface area contributed by atoms with E-state index in [9.17, 15) is 4.79 Å². The number of aromatic nitrogens is 1. The third-order valence-corrected chi connectivity index (χ3v) is 3.57. The van der Waals surface area contributed by atoms with Crippen LogP contribution in [-0.2, 0) is 6.42 Å². The lowest BCUT2D eigenvalue weighted by Gasteiger charge is -2.10. The van der Waals surface area contributed by atoms with Crippen molar-refractivity contribution in [2.75, 3.05) is 18.4 Å². The second-order valence-electron chi connectivity index (χ2n) is 5.84. The third kappa shape index (κ3) is 5.91. The fourth-order valence-electron chi connectivity index (χ4n) is 2.05. The Kier molecular flexibility index (Phi) is 6.41. The first-order valence-electron chi connectivity index (χ1n) is 7.77. The number of pyridine rings is 1. The van der Waals surface area contributed by atoms with Crippen molar-refractivity contribution in [3.05, 3.63) is 58.9 Å². The second kappa shape index (κ2) is 8.53. The highest BCUT2D eigenvalue weighted by Crippen LogP contribution is 2.10. The first-order chi connectivity index (χ1) is 11.0. The molecule has 2 rings (SSSR count). The number of nitrogens with one attached hydrogen (secondary N) is 2. The average Bonchev–Trinajstić information content (AvgIpc) is 2.55. The van der Waals surface area contributed by atoms with Gasteiger partial charge in [-0.1, -0.05) is 37.6 Å². The van der Waals surface area contributed by atoms with E-state index in [0.29, 0.717) is 23.2 Å². The maximum absolute atomic E-state index is 12.2. The molecule has 1 heterocycles. The van der Waals surface area contributed by atoms with Crippen LogP contribution in [0.4, 0.5) is 5.69 Å². The molecule has 0 atom stereocenters. The molecule has 4 nitrogen and oxygen atoms in total. The van der Waals surface area contributed by atoms with Crippen molar-refractivity contribution in [1.29, 1.82) is 0 Å². The summed E-state index contributed by atoms with van der Waals surface area (Å²) in [5.41, 5.74) is 2.47. The highest BCUT2D eigenvalue weighted by molar-refractivity contribution is 6.30. The van der Waals surface area contributed by atoms with Crippen LogP contribution in [0, 0.1) is 5.92 Å². The van der Waals surface area contributed by atoms with Crippen LogP contribution in [0.3, 0.4) is 0 Å². The molecule has 0 aliphatic rings. The van der Waals surface area contributed by atoms with E-state index < -0.39 is 0 Å². The Morgan fingerprint density at radius 3 is 2.65 bits per heavy atom. The molecule has 122 valence electrons. The van der Waals surface area contributed by atoms with E-state index in [1.165, 1.54) is 0 Å². The van der Waals surface area contributed by atoms with Crippen LogP contribution in [0.5, 0.6) is 0 Å². The summed E-state index contributed by atoms with van der Waals surface area (Å²) in [4.78, 5) is 16.3. The molecule has 0 fully saturated rings. The Labute approximate surface area is 142 Å². The Morgan fingerprint density at radius 1 is 1.22 bits per heavy atom. The zero-order valence-corrected chi connectivity index (χ0v) is 14.2. The summed E-state index contributed by atoms with van der Waals surface area (Å²) in [6.07, 6.45) is 2.41. The highest BCUT2D eigenvalue weighted by Gasteiger charge is 2.07. The topological polar surface area (TPSA) is 54.0 Å². The van der Waals surface area contributed by atoms with Crippen LogP contribution >= 0.6 is 11.6 Å². The molecule has 0 saturated carbocycles. The number of hydrogen-bond donors (Lipinski definition) is 2. The molecule has 1 amide bonds. The predicted octanol–water partition coefficient (Wildman–Crippen LogP) is 3.78. The van der Waals surface area contributed by atoms with E-state index in [0.717, 1.165) is 24.2 Å². The van der Waals surface area contributed by atoms with E-state index in [-0.39, 0.29) is 5.91 Å². The summed E-state index contributed by atoms with van der Waals surface area (Å²) in [6.45, 7) is 5.70. The zero-order valence-electron chi connectivity index (χ0n) is 13.5. The molecule has 2 N–H and O–H groups in total. The van der Waals surface area contributed by atoms with Crippen LogP contribution < -0.4 is 10.6 Å². The standard InChI is InChI=1S/C18H22ClN3O/c1-13(2)12-22-16-8-10-20-17(11-16)18(23)21-9-7-14-3-5-15(19)6-4-14/h3-6,8,10-11,13H,7,9,12H2,1-2H3,(H,20,22)(H,21,23). The van der Waals surface area contributed by atoms with Crippen molar-refractivity contribution >= 4 is 23.2 Å². The number of anilines is 1. The number of hydrogen-bond acceptors (Lipinski definition) is 3. The molecule has 1 aromatic carbocycles.